The van der Waals surface area contributed by atoms with Crippen LogP contribution in [0.1, 0.15) is 49.8 Å². The number of nitrogens with zero attached hydrogens (tertiary/aromatic N) is 7. The van der Waals surface area contributed by atoms with Gasteiger partial charge in [-0.2, -0.15) is 9.97 Å². The van der Waals surface area contributed by atoms with E-state index in [0.717, 1.165) is 85.0 Å². The summed E-state index contributed by atoms with van der Waals surface area (Å²) in [5, 5.41) is 10.7. The second-order valence-corrected chi connectivity index (χ2v) is 15.0. The standard InChI is InChI=1S/C30H34F2N8O2S2/c31-16-10-30(7-2-8-38(30)11-16)15-42-29-34-21-9-22(19-5-6-20(32)25-24(19)35-28(33)43-25)40(17-3-1-4-17)44-26(21)27(36-29)39-18(14-41)12-37-13-23(37)39/h5-6,9,16-18,23,41H,1-4,7-8,10-15H2,(H2,33,35)/t16?,18?,23?,30-,37?/m0/s1. The van der Waals surface area contributed by atoms with Crippen LogP contribution in [-0.4, -0.2) is 104 Å². The second kappa shape index (κ2) is 10.1. The molecule has 9 rings (SSSR count). The summed E-state index contributed by atoms with van der Waals surface area (Å²) in [7, 11) is 0. The number of alkyl halides is 1. The largest absolute Gasteiger partial charge is 0.461 e. The maximum absolute atomic E-state index is 14.8. The number of aliphatic hydroxyl groups is 1. The van der Waals surface area contributed by atoms with Gasteiger partial charge in [-0.15, -0.1) is 0 Å². The Kier molecular flexibility index (Phi) is 6.33. The Morgan fingerprint density at radius 1 is 1.14 bits per heavy atom. The van der Waals surface area contributed by atoms with Crippen molar-refractivity contribution in [1.29, 1.82) is 0 Å². The third kappa shape index (κ3) is 4.24. The minimum atomic E-state index is -0.846. The molecule has 0 amide bonds. The van der Waals surface area contributed by atoms with Gasteiger partial charge in [0.05, 0.1) is 50.9 Å². The van der Waals surface area contributed by atoms with Crippen molar-refractivity contribution in [1.82, 2.24) is 29.1 Å². The quantitative estimate of drug-likeness (QED) is 0.290. The maximum Gasteiger partial charge on any atom is 0.319 e. The average Bonchev–Trinajstić information content (AvgIpc) is 3.26. The number of halogens is 2. The number of fused-ring (bicyclic) bond motifs is 4. The molecule has 232 valence electrons. The van der Waals surface area contributed by atoms with Crippen LogP contribution >= 0.6 is 23.3 Å². The van der Waals surface area contributed by atoms with Crippen molar-refractivity contribution in [2.24, 2.45) is 0 Å². The normalized spacial score (nSPS) is 31.2. The first-order valence-corrected chi connectivity index (χ1v) is 17.1. The number of thiazole rings is 1. The molecule has 5 atom stereocenters. The average molecular weight is 641 g/mol. The predicted molar refractivity (Wildman–Crippen MR) is 166 cm³/mol. The summed E-state index contributed by atoms with van der Waals surface area (Å²) in [6.45, 7) is 3.40. The number of piperazine rings is 1. The van der Waals surface area contributed by atoms with E-state index in [2.05, 4.69) is 24.0 Å². The van der Waals surface area contributed by atoms with Gasteiger partial charge in [0.25, 0.3) is 0 Å². The third-order valence-electron chi connectivity index (χ3n) is 10.3. The molecule has 4 unspecified atom stereocenters. The number of benzene rings is 1. The number of rotatable bonds is 7. The maximum atomic E-state index is 14.8. The van der Waals surface area contributed by atoms with Crippen LogP contribution in [0, 0.1) is 5.82 Å². The van der Waals surface area contributed by atoms with Crippen molar-refractivity contribution in [3.8, 4) is 6.01 Å². The van der Waals surface area contributed by atoms with Gasteiger partial charge in [0, 0.05) is 37.7 Å². The first kappa shape index (κ1) is 27.5. The van der Waals surface area contributed by atoms with E-state index < -0.39 is 6.17 Å². The fourth-order valence-electron chi connectivity index (χ4n) is 7.82. The fourth-order valence-corrected chi connectivity index (χ4v) is 9.82. The molecule has 6 aliphatic rings. The summed E-state index contributed by atoms with van der Waals surface area (Å²) in [5.41, 5.74) is 8.71. The number of hydrogen-bond acceptors (Lipinski definition) is 12. The molecule has 1 saturated carbocycles. The Morgan fingerprint density at radius 2 is 2.02 bits per heavy atom. The lowest BCUT2D eigenvalue weighted by Gasteiger charge is -2.42. The monoisotopic (exact) mass is 640 g/mol. The number of aliphatic hydroxyl groups excluding tert-OH is 1. The molecule has 5 fully saturated rings. The zero-order valence-electron chi connectivity index (χ0n) is 24.2. The molecule has 44 heavy (non-hydrogen) atoms. The SMILES string of the molecule is Nc1nc2c(C3=Cc4nc(OC[C@@]56CCCN5CC(F)C6)nc(N5C(CO)CN6CC65)c4SN3C3CCC3)ccc(F)c2s1. The molecule has 4 saturated heterocycles. The van der Waals surface area contributed by atoms with Gasteiger partial charge in [-0.05, 0) is 68.8 Å². The Bertz CT molecular complexity index is 1690. The number of hydrogen-bond donors (Lipinski definition) is 2. The van der Waals surface area contributed by atoms with Gasteiger partial charge < -0.3 is 24.8 Å². The van der Waals surface area contributed by atoms with E-state index in [9.17, 15) is 13.9 Å². The van der Waals surface area contributed by atoms with E-state index in [1.165, 1.54) is 6.07 Å². The third-order valence-corrected chi connectivity index (χ3v) is 12.4. The van der Waals surface area contributed by atoms with Gasteiger partial charge in [-0.25, -0.2) is 13.8 Å². The molecule has 2 aromatic heterocycles. The minimum Gasteiger partial charge on any atom is -0.461 e. The van der Waals surface area contributed by atoms with Crippen LogP contribution in [0.2, 0.25) is 0 Å². The Hall–Kier alpha value is -2.78. The van der Waals surface area contributed by atoms with Crippen LogP contribution in [0.4, 0.5) is 19.7 Å². The van der Waals surface area contributed by atoms with E-state index in [4.69, 9.17) is 20.4 Å². The number of nitrogen functional groups attached to an aromatic ring is 1. The molecule has 5 aliphatic heterocycles. The van der Waals surface area contributed by atoms with Crippen molar-refractivity contribution in [2.75, 3.05) is 50.0 Å². The summed E-state index contributed by atoms with van der Waals surface area (Å²) in [6.07, 6.45) is 7.03. The van der Waals surface area contributed by atoms with Crippen molar-refractivity contribution in [3.63, 3.8) is 0 Å². The molecule has 0 bridgehead atoms. The minimum absolute atomic E-state index is 0.0226. The van der Waals surface area contributed by atoms with Gasteiger partial charge >= 0.3 is 6.01 Å². The summed E-state index contributed by atoms with van der Waals surface area (Å²) in [6, 6.07) is 3.75. The van der Waals surface area contributed by atoms with Crippen molar-refractivity contribution < 1.29 is 18.6 Å². The summed E-state index contributed by atoms with van der Waals surface area (Å²) in [4.78, 5) is 22.2. The smallest absolute Gasteiger partial charge is 0.319 e. The van der Waals surface area contributed by atoms with Crippen LogP contribution in [0.25, 0.3) is 22.0 Å². The van der Waals surface area contributed by atoms with Crippen LogP contribution in [0.3, 0.4) is 0 Å². The Morgan fingerprint density at radius 3 is 2.84 bits per heavy atom. The highest BCUT2D eigenvalue weighted by Crippen LogP contribution is 2.51. The lowest BCUT2D eigenvalue weighted by atomic mass is 9.92. The first-order chi connectivity index (χ1) is 21.4. The summed E-state index contributed by atoms with van der Waals surface area (Å²) < 4.78 is 38.5. The number of anilines is 2. The molecule has 3 N–H and O–H groups in total. The lowest BCUT2D eigenvalue weighted by molar-refractivity contribution is 0.107. The molecule has 3 aromatic rings. The van der Waals surface area contributed by atoms with E-state index in [0.29, 0.717) is 46.7 Å². The van der Waals surface area contributed by atoms with Crippen LogP contribution in [-0.2, 0) is 0 Å². The molecule has 1 aliphatic carbocycles. The van der Waals surface area contributed by atoms with E-state index in [1.54, 1.807) is 18.0 Å². The molecule has 0 spiro atoms. The van der Waals surface area contributed by atoms with Gasteiger partial charge in [0.2, 0.25) is 0 Å². The molecular formula is C30H34F2N8O2S2. The fraction of sp³-hybridized carbons (Fsp3) is 0.567. The highest BCUT2D eigenvalue weighted by atomic mass is 32.2. The zero-order valence-corrected chi connectivity index (χ0v) is 25.8. The molecule has 0 radical (unpaired) electrons. The number of nitrogens with two attached hydrogens (primary N) is 1. The van der Waals surface area contributed by atoms with Gasteiger partial charge in [0.15, 0.2) is 10.9 Å². The van der Waals surface area contributed by atoms with Crippen LogP contribution in [0.5, 0.6) is 6.01 Å². The first-order valence-electron chi connectivity index (χ1n) is 15.5. The second-order valence-electron chi connectivity index (χ2n) is 12.9. The predicted octanol–water partition coefficient (Wildman–Crippen LogP) is 3.96. The van der Waals surface area contributed by atoms with E-state index in [1.807, 2.05) is 6.08 Å². The van der Waals surface area contributed by atoms with Gasteiger partial charge in [-0.1, -0.05) is 11.3 Å². The Balaban J connectivity index is 1.17. The molecule has 14 heteroatoms. The van der Waals surface area contributed by atoms with E-state index >= 15 is 0 Å². The summed E-state index contributed by atoms with van der Waals surface area (Å²) >= 11 is 2.77. The molecule has 1 aromatic carbocycles. The highest BCUT2D eigenvalue weighted by molar-refractivity contribution is 7.97. The van der Waals surface area contributed by atoms with E-state index in [-0.39, 0.29) is 36.2 Å². The van der Waals surface area contributed by atoms with Gasteiger partial charge in [0.1, 0.15) is 18.6 Å². The topological polar surface area (TPSA) is 107 Å². The van der Waals surface area contributed by atoms with Crippen molar-refractivity contribution in [2.45, 2.75) is 73.4 Å². The highest BCUT2D eigenvalue weighted by Gasteiger charge is 2.52. The number of aromatic nitrogens is 3. The van der Waals surface area contributed by atoms with Gasteiger partial charge in [-0.3, -0.25) is 9.80 Å². The Labute approximate surface area is 262 Å². The molecule has 7 heterocycles. The van der Waals surface area contributed by atoms with Crippen LogP contribution in [0.15, 0.2) is 17.0 Å². The molecular weight excluding hydrogens is 607 g/mol. The zero-order chi connectivity index (χ0) is 29.7. The summed E-state index contributed by atoms with van der Waals surface area (Å²) in [5.74, 6) is 0.426. The van der Waals surface area contributed by atoms with Crippen LogP contribution < -0.4 is 15.4 Å². The lowest BCUT2D eigenvalue weighted by Crippen LogP contribution is -2.44. The molecule has 10 nitrogen and oxygen atoms in total. The van der Waals surface area contributed by atoms with Crippen molar-refractivity contribution in [3.05, 3.63) is 29.2 Å². The van der Waals surface area contributed by atoms with Crippen molar-refractivity contribution >= 4 is 56.2 Å². The number of ether oxygens (including phenoxy) is 1.